The largest absolute Gasteiger partial charge is 0.497 e. The van der Waals surface area contributed by atoms with Gasteiger partial charge in [-0.3, -0.25) is 4.79 Å². The smallest absolute Gasteiger partial charge is 0.331 e. The first kappa shape index (κ1) is 18.5. The Hall–Kier alpha value is -2.80. The van der Waals surface area contributed by atoms with E-state index in [1.807, 2.05) is 19.1 Å². The summed E-state index contributed by atoms with van der Waals surface area (Å²) >= 11 is 1.56. The lowest BCUT2D eigenvalue weighted by atomic mass is 10.2. The SMILES string of the molecule is COc1ccc(OC)c(NC(=O)COC(=O)/C=C/c2ccc(C)s2)c1. The van der Waals surface area contributed by atoms with Gasteiger partial charge in [-0.05, 0) is 37.3 Å². The molecule has 2 rings (SSSR count). The molecule has 25 heavy (non-hydrogen) atoms. The van der Waals surface area contributed by atoms with Crippen molar-refractivity contribution in [2.75, 3.05) is 26.1 Å². The topological polar surface area (TPSA) is 73.9 Å². The Bertz CT molecular complexity index is 782. The average molecular weight is 361 g/mol. The highest BCUT2D eigenvalue weighted by Gasteiger charge is 2.10. The Morgan fingerprint density at radius 2 is 1.96 bits per heavy atom. The fourth-order valence-corrected chi connectivity index (χ4v) is 2.76. The van der Waals surface area contributed by atoms with Gasteiger partial charge in [0.25, 0.3) is 5.91 Å². The van der Waals surface area contributed by atoms with Gasteiger partial charge in [-0.1, -0.05) is 0 Å². The highest BCUT2D eigenvalue weighted by Crippen LogP contribution is 2.28. The monoisotopic (exact) mass is 361 g/mol. The van der Waals surface area contributed by atoms with E-state index in [-0.39, 0.29) is 0 Å². The predicted molar refractivity (Wildman–Crippen MR) is 97.2 cm³/mol. The molecule has 0 atom stereocenters. The minimum Gasteiger partial charge on any atom is -0.497 e. The lowest BCUT2D eigenvalue weighted by molar-refractivity contribution is -0.142. The Kier molecular flexibility index (Phi) is 6.59. The predicted octanol–water partition coefficient (Wildman–Crippen LogP) is 3.27. The first-order valence-electron chi connectivity index (χ1n) is 7.45. The number of benzene rings is 1. The third-order valence-electron chi connectivity index (χ3n) is 3.17. The van der Waals surface area contributed by atoms with Crippen molar-refractivity contribution in [1.29, 1.82) is 0 Å². The number of ether oxygens (including phenoxy) is 3. The average Bonchev–Trinajstić information content (AvgIpc) is 3.03. The normalized spacial score (nSPS) is 10.5. The van der Waals surface area contributed by atoms with Crippen molar-refractivity contribution < 1.29 is 23.8 Å². The second-order valence-corrected chi connectivity index (χ2v) is 6.32. The maximum Gasteiger partial charge on any atom is 0.331 e. The summed E-state index contributed by atoms with van der Waals surface area (Å²) in [4.78, 5) is 25.7. The highest BCUT2D eigenvalue weighted by atomic mass is 32.1. The molecule has 1 N–H and O–H groups in total. The molecule has 1 heterocycles. The number of hydrogen-bond acceptors (Lipinski definition) is 6. The summed E-state index contributed by atoms with van der Waals surface area (Å²) in [5.74, 6) is -0.00483. The Morgan fingerprint density at radius 1 is 1.16 bits per heavy atom. The van der Waals surface area contributed by atoms with Gasteiger partial charge in [-0.2, -0.15) is 0 Å². The van der Waals surface area contributed by atoms with Gasteiger partial charge >= 0.3 is 5.97 Å². The molecule has 6 nitrogen and oxygen atoms in total. The summed E-state index contributed by atoms with van der Waals surface area (Å²) < 4.78 is 15.2. The fraction of sp³-hybridized carbons (Fsp3) is 0.222. The van der Waals surface area contributed by atoms with Crippen molar-refractivity contribution in [2.45, 2.75) is 6.92 Å². The van der Waals surface area contributed by atoms with Gasteiger partial charge in [0, 0.05) is 21.9 Å². The molecule has 0 bridgehead atoms. The van der Waals surface area contributed by atoms with Gasteiger partial charge in [0.2, 0.25) is 0 Å². The van der Waals surface area contributed by atoms with E-state index >= 15 is 0 Å². The van der Waals surface area contributed by atoms with Crippen LogP contribution in [0.5, 0.6) is 11.5 Å². The van der Waals surface area contributed by atoms with E-state index in [0.717, 1.165) is 9.75 Å². The van der Waals surface area contributed by atoms with Crippen LogP contribution >= 0.6 is 11.3 Å². The van der Waals surface area contributed by atoms with Crippen LogP contribution in [-0.4, -0.2) is 32.7 Å². The van der Waals surface area contributed by atoms with Crippen LogP contribution in [0.15, 0.2) is 36.4 Å². The van der Waals surface area contributed by atoms with E-state index < -0.39 is 18.5 Å². The zero-order chi connectivity index (χ0) is 18.2. The van der Waals surface area contributed by atoms with E-state index in [1.54, 1.807) is 35.6 Å². The Balaban J connectivity index is 1.88. The lowest BCUT2D eigenvalue weighted by Gasteiger charge is -2.11. The van der Waals surface area contributed by atoms with Gasteiger partial charge < -0.3 is 19.5 Å². The third-order valence-corrected chi connectivity index (χ3v) is 4.14. The Morgan fingerprint density at radius 3 is 2.60 bits per heavy atom. The molecule has 0 radical (unpaired) electrons. The van der Waals surface area contributed by atoms with Crippen molar-refractivity contribution >= 4 is 35.0 Å². The van der Waals surface area contributed by atoms with E-state index in [4.69, 9.17) is 14.2 Å². The number of esters is 1. The molecule has 7 heteroatoms. The maximum atomic E-state index is 12.0. The fourth-order valence-electron chi connectivity index (χ4n) is 1.98. The van der Waals surface area contributed by atoms with Crippen LogP contribution < -0.4 is 14.8 Å². The summed E-state index contributed by atoms with van der Waals surface area (Å²) in [6.07, 6.45) is 2.95. The van der Waals surface area contributed by atoms with Crippen LogP contribution in [0.2, 0.25) is 0 Å². The summed E-state index contributed by atoms with van der Waals surface area (Å²) in [6, 6.07) is 8.88. The number of thiophene rings is 1. The molecule has 132 valence electrons. The lowest BCUT2D eigenvalue weighted by Crippen LogP contribution is -2.20. The van der Waals surface area contributed by atoms with Crippen molar-refractivity contribution in [3.63, 3.8) is 0 Å². The summed E-state index contributed by atoms with van der Waals surface area (Å²) in [5.41, 5.74) is 0.438. The number of rotatable bonds is 7. The number of hydrogen-bond donors (Lipinski definition) is 1. The standard InChI is InChI=1S/C18H19NO5S/c1-12-4-6-14(25-12)7-9-18(21)24-11-17(20)19-15-10-13(22-2)5-8-16(15)23-3/h4-10H,11H2,1-3H3,(H,19,20)/b9-7+. The van der Waals surface area contributed by atoms with Gasteiger partial charge in [0.15, 0.2) is 6.61 Å². The van der Waals surface area contributed by atoms with E-state index in [9.17, 15) is 9.59 Å². The molecule has 0 fully saturated rings. The number of methoxy groups -OCH3 is 2. The van der Waals surface area contributed by atoms with Crippen molar-refractivity contribution in [3.8, 4) is 11.5 Å². The summed E-state index contributed by atoms with van der Waals surface area (Å²) in [6.45, 7) is 1.59. The van der Waals surface area contributed by atoms with Gasteiger partial charge in [-0.15, -0.1) is 11.3 Å². The molecule has 1 aromatic carbocycles. The Labute approximate surface area is 150 Å². The zero-order valence-electron chi connectivity index (χ0n) is 14.2. The zero-order valence-corrected chi connectivity index (χ0v) is 15.0. The molecule has 0 unspecified atom stereocenters. The second kappa shape index (κ2) is 8.89. The molecular weight excluding hydrogens is 342 g/mol. The molecule has 0 saturated heterocycles. The van der Waals surface area contributed by atoms with Crippen LogP contribution in [0, 0.1) is 6.92 Å². The molecule has 0 aliphatic heterocycles. The van der Waals surface area contributed by atoms with Crippen LogP contribution in [0.3, 0.4) is 0 Å². The van der Waals surface area contributed by atoms with Crippen LogP contribution in [0.1, 0.15) is 9.75 Å². The van der Waals surface area contributed by atoms with E-state index in [2.05, 4.69) is 5.32 Å². The van der Waals surface area contributed by atoms with Crippen molar-refractivity contribution in [2.24, 2.45) is 0 Å². The molecule has 1 aromatic heterocycles. The number of carbonyl (C=O) groups is 2. The maximum absolute atomic E-state index is 12.0. The van der Waals surface area contributed by atoms with Crippen LogP contribution in [0.25, 0.3) is 6.08 Å². The molecule has 1 amide bonds. The van der Waals surface area contributed by atoms with Crippen LogP contribution in [0.4, 0.5) is 5.69 Å². The first-order valence-corrected chi connectivity index (χ1v) is 8.26. The third kappa shape index (κ3) is 5.65. The quantitative estimate of drug-likeness (QED) is 0.605. The number of amides is 1. The van der Waals surface area contributed by atoms with E-state index in [0.29, 0.717) is 17.2 Å². The number of nitrogens with one attached hydrogen (secondary N) is 1. The number of anilines is 1. The molecule has 0 saturated carbocycles. The minimum absolute atomic E-state index is 0.396. The van der Waals surface area contributed by atoms with Gasteiger partial charge in [0.1, 0.15) is 11.5 Å². The van der Waals surface area contributed by atoms with Gasteiger partial charge in [0.05, 0.1) is 19.9 Å². The molecular formula is C18H19NO5S. The molecule has 0 aliphatic carbocycles. The summed E-state index contributed by atoms with van der Waals surface area (Å²) in [5, 5.41) is 2.63. The molecule has 0 spiro atoms. The van der Waals surface area contributed by atoms with Gasteiger partial charge in [-0.25, -0.2) is 4.79 Å². The number of carbonyl (C=O) groups excluding carboxylic acids is 2. The van der Waals surface area contributed by atoms with Crippen LogP contribution in [-0.2, 0) is 14.3 Å². The minimum atomic E-state index is -0.584. The first-order chi connectivity index (χ1) is 12.0. The van der Waals surface area contributed by atoms with E-state index in [1.165, 1.54) is 20.3 Å². The molecule has 2 aromatic rings. The molecule has 0 aliphatic rings. The summed E-state index contributed by atoms with van der Waals surface area (Å²) in [7, 11) is 3.02. The highest BCUT2D eigenvalue weighted by molar-refractivity contribution is 7.12. The number of aryl methyl sites for hydroxylation is 1. The van der Waals surface area contributed by atoms with Crippen molar-refractivity contribution in [1.82, 2.24) is 0 Å². The van der Waals surface area contributed by atoms with Crippen molar-refractivity contribution in [3.05, 3.63) is 46.2 Å². The second-order valence-electron chi connectivity index (χ2n) is 5.00.